The first kappa shape index (κ1) is 55.0. The third-order valence-electron chi connectivity index (χ3n) is 12.0. The fraction of sp³-hybridized carbons (Fsp3) is 0.940. The first-order valence-electron chi connectivity index (χ1n) is 25.1. The van der Waals surface area contributed by atoms with E-state index >= 15 is 0 Å². The van der Waals surface area contributed by atoms with Crippen molar-refractivity contribution in [2.75, 3.05) is 6.61 Å². The number of unbranched alkanes of at least 4 members (excludes halogenated alkanes) is 35. The molecule has 5 N–H and O–H groups in total. The molecular formula is C50H99NO5. The molecule has 0 spiro atoms. The van der Waals surface area contributed by atoms with Crippen LogP contribution in [0.3, 0.4) is 0 Å². The second-order valence-electron chi connectivity index (χ2n) is 17.5. The lowest BCUT2D eigenvalue weighted by atomic mass is 9.99. The molecule has 6 nitrogen and oxygen atoms in total. The molecule has 0 rings (SSSR count). The molecule has 0 fully saturated rings. The third-order valence-corrected chi connectivity index (χ3v) is 12.0. The zero-order chi connectivity index (χ0) is 41.0. The summed E-state index contributed by atoms with van der Waals surface area (Å²) in [4.78, 5) is 12.5. The van der Waals surface area contributed by atoms with Gasteiger partial charge < -0.3 is 25.7 Å². The predicted molar refractivity (Wildman–Crippen MR) is 242 cm³/mol. The van der Waals surface area contributed by atoms with Crippen LogP contribution in [0.1, 0.15) is 271 Å². The van der Waals surface area contributed by atoms with Crippen molar-refractivity contribution in [2.24, 2.45) is 0 Å². The summed E-state index contributed by atoms with van der Waals surface area (Å²) in [5.41, 5.74) is 0. The summed E-state index contributed by atoms with van der Waals surface area (Å²) < 4.78 is 0. The van der Waals surface area contributed by atoms with Gasteiger partial charge in [0.05, 0.1) is 18.8 Å². The van der Waals surface area contributed by atoms with Crippen LogP contribution < -0.4 is 5.32 Å². The third kappa shape index (κ3) is 38.6. The van der Waals surface area contributed by atoms with Gasteiger partial charge in [0, 0.05) is 0 Å². The smallest absolute Gasteiger partial charge is 0.249 e. The Kier molecular flexibility index (Phi) is 44.4. The molecule has 6 heteroatoms. The summed E-state index contributed by atoms with van der Waals surface area (Å²) in [7, 11) is 0. The molecule has 0 saturated heterocycles. The van der Waals surface area contributed by atoms with Crippen LogP contribution in [0, 0.1) is 0 Å². The Morgan fingerprint density at radius 1 is 0.429 bits per heavy atom. The number of amides is 1. The van der Waals surface area contributed by atoms with Crippen molar-refractivity contribution in [1.82, 2.24) is 5.32 Å². The molecule has 0 aliphatic rings. The van der Waals surface area contributed by atoms with Crippen LogP contribution in [-0.4, -0.2) is 57.3 Å². The number of rotatable bonds is 46. The van der Waals surface area contributed by atoms with Gasteiger partial charge in [0.25, 0.3) is 0 Å². The average molecular weight is 794 g/mol. The highest BCUT2D eigenvalue weighted by Gasteiger charge is 2.28. The highest BCUT2D eigenvalue weighted by Crippen LogP contribution is 2.17. The van der Waals surface area contributed by atoms with Gasteiger partial charge in [0.1, 0.15) is 12.2 Å². The van der Waals surface area contributed by atoms with Gasteiger partial charge in [-0.2, -0.15) is 0 Å². The van der Waals surface area contributed by atoms with Crippen LogP contribution in [0.5, 0.6) is 0 Å². The van der Waals surface area contributed by atoms with E-state index in [4.69, 9.17) is 0 Å². The van der Waals surface area contributed by atoms with E-state index in [-0.39, 0.29) is 0 Å². The molecule has 0 aliphatic heterocycles. The lowest BCUT2D eigenvalue weighted by molar-refractivity contribution is -0.132. The van der Waals surface area contributed by atoms with Crippen LogP contribution in [0.15, 0.2) is 12.2 Å². The standard InChI is InChI=1S/C50H99NO5/c1-3-5-7-9-11-13-15-17-19-20-21-22-23-24-25-26-27-28-29-30-32-34-36-38-40-42-44-48(54)50(56)51-46(45-52)49(55)47(53)43-41-39-37-35-33-31-18-16-14-12-10-8-6-4-2/h24-25,46-49,52-55H,3-23,26-45H2,1-2H3,(H,51,56)/b25-24-. The maximum Gasteiger partial charge on any atom is 0.249 e. The molecule has 0 aromatic rings. The van der Waals surface area contributed by atoms with Gasteiger partial charge in [-0.1, -0.05) is 244 Å². The minimum atomic E-state index is -1.26. The lowest BCUT2D eigenvalue weighted by Crippen LogP contribution is -2.53. The summed E-state index contributed by atoms with van der Waals surface area (Å²) in [6.07, 6.45) is 51.2. The van der Waals surface area contributed by atoms with Crippen LogP contribution in [0.25, 0.3) is 0 Å². The van der Waals surface area contributed by atoms with Crippen LogP contribution in [0.2, 0.25) is 0 Å². The van der Waals surface area contributed by atoms with Crippen molar-refractivity contribution in [3.63, 3.8) is 0 Å². The maximum atomic E-state index is 12.5. The number of aliphatic hydroxyl groups excluding tert-OH is 4. The van der Waals surface area contributed by atoms with Crippen molar-refractivity contribution in [1.29, 1.82) is 0 Å². The SMILES string of the molecule is CCCCCCCCCCCCCC/C=C\CCCCCCCCCCCCC(O)C(=O)NC(CO)C(O)C(O)CCCCCCCCCCCCCCCC. The molecule has 0 heterocycles. The highest BCUT2D eigenvalue weighted by molar-refractivity contribution is 5.80. The van der Waals surface area contributed by atoms with Crippen molar-refractivity contribution in [2.45, 2.75) is 295 Å². The Hall–Kier alpha value is -0.950. The molecule has 0 bridgehead atoms. The van der Waals surface area contributed by atoms with Gasteiger partial charge in [-0.05, 0) is 38.5 Å². The normalized spacial score (nSPS) is 14.0. The molecule has 1 amide bonds. The molecule has 0 saturated carbocycles. The average Bonchev–Trinajstić information content (AvgIpc) is 3.20. The van der Waals surface area contributed by atoms with E-state index in [1.165, 1.54) is 205 Å². The van der Waals surface area contributed by atoms with E-state index in [0.29, 0.717) is 12.8 Å². The van der Waals surface area contributed by atoms with E-state index in [2.05, 4.69) is 31.3 Å². The first-order chi connectivity index (χ1) is 27.5. The topological polar surface area (TPSA) is 110 Å². The number of allylic oxidation sites excluding steroid dienone is 2. The Balaban J connectivity index is 3.63. The van der Waals surface area contributed by atoms with Gasteiger partial charge in [0.2, 0.25) is 5.91 Å². The molecule has 0 aromatic carbocycles. The van der Waals surface area contributed by atoms with Crippen LogP contribution in [-0.2, 0) is 4.79 Å². The largest absolute Gasteiger partial charge is 0.394 e. The van der Waals surface area contributed by atoms with Crippen molar-refractivity contribution in [3.05, 3.63) is 12.2 Å². The number of nitrogens with one attached hydrogen (secondary N) is 1. The van der Waals surface area contributed by atoms with Gasteiger partial charge in [-0.3, -0.25) is 4.79 Å². The second-order valence-corrected chi connectivity index (χ2v) is 17.5. The van der Waals surface area contributed by atoms with E-state index < -0.39 is 36.9 Å². The number of carbonyl (C=O) groups excluding carboxylic acids is 1. The predicted octanol–water partition coefficient (Wildman–Crippen LogP) is 13.7. The zero-order valence-corrected chi connectivity index (χ0v) is 37.7. The Labute approximate surface area is 349 Å². The van der Waals surface area contributed by atoms with Crippen LogP contribution >= 0.6 is 0 Å². The molecule has 334 valence electrons. The number of hydrogen-bond donors (Lipinski definition) is 5. The zero-order valence-electron chi connectivity index (χ0n) is 37.7. The van der Waals surface area contributed by atoms with Crippen molar-refractivity contribution < 1.29 is 25.2 Å². The van der Waals surface area contributed by atoms with Gasteiger partial charge in [-0.25, -0.2) is 0 Å². The van der Waals surface area contributed by atoms with E-state index in [1.54, 1.807) is 0 Å². The Morgan fingerprint density at radius 2 is 0.714 bits per heavy atom. The molecule has 0 aromatic heterocycles. The first-order valence-corrected chi connectivity index (χ1v) is 25.1. The van der Waals surface area contributed by atoms with E-state index in [9.17, 15) is 25.2 Å². The number of hydrogen-bond acceptors (Lipinski definition) is 5. The van der Waals surface area contributed by atoms with E-state index in [0.717, 1.165) is 38.5 Å². The summed E-state index contributed by atoms with van der Waals surface area (Å²) in [6.45, 7) is 4.07. The summed E-state index contributed by atoms with van der Waals surface area (Å²) in [6, 6.07) is -0.982. The van der Waals surface area contributed by atoms with Crippen LogP contribution in [0.4, 0.5) is 0 Å². The van der Waals surface area contributed by atoms with E-state index in [1.807, 2.05) is 0 Å². The maximum absolute atomic E-state index is 12.5. The summed E-state index contributed by atoms with van der Waals surface area (Å²) >= 11 is 0. The van der Waals surface area contributed by atoms with Crippen molar-refractivity contribution in [3.8, 4) is 0 Å². The molecular weight excluding hydrogens is 695 g/mol. The van der Waals surface area contributed by atoms with Gasteiger partial charge in [-0.15, -0.1) is 0 Å². The molecule has 0 radical (unpaired) electrons. The molecule has 4 unspecified atom stereocenters. The number of carbonyl (C=O) groups is 1. The lowest BCUT2D eigenvalue weighted by Gasteiger charge is -2.27. The summed E-state index contributed by atoms with van der Waals surface area (Å²) in [5.74, 6) is -0.582. The van der Waals surface area contributed by atoms with Gasteiger partial charge in [0.15, 0.2) is 0 Å². The quantitative estimate of drug-likeness (QED) is 0.0311. The Bertz CT molecular complexity index is 806. The second kappa shape index (κ2) is 45.1. The molecule has 4 atom stereocenters. The highest BCUT2D eigenvalue weighted by atomic mass is 16.3. The van der Waals surface area contributed by atoms with Crippen molar-refractivity contribution >= 4 is 5.91 Å². The minimum Gasteiger partial charge on any atom is -0.394 e. The monoisotopic (exact) mass is 794 g/mol. The fourth-order valence-electron chi connectivity index (χ4n) is 7.99. The molecule has 56 heavy (non-hydrogen) atoms. The summed E-state index contributed by atoms with van der Waals surface area (Å²) in [5, 5.41) is 43.8. The van der Waals surface area contributed by atoms with Gasteiger partial charge >= 0.3 is 0 Å². The Morgan fingerprint density at radius 3 is 1.04 bits per heavy atom. The molecule has 0 aliphatic carbocycles. The number of aliphatic hydroxyl groups is 4. The minimum absolute atomic E-state index is 0.371. The fourth-order valence-corrected chi connectivity index (χ4v) is 7.99.